The molecule has 1 N–H and O–H groups in total. The number of nitrogens with one attached hydrogen (secondary N) is 1. The van der Waals surface area contributed by atoms with Crippen LogP contribution in [0.3, 0.4) is 0 Å². The first-order chi connectivity index (χ1) is 17.9. The van der Waals surface area contributed by atoms with Gasteiger partial charge in [-0.1, -0.05) is 53.5 Å². The number of esters is 1. The van der Waals surface area contributed by atoms with Crippen LogP contribution in [0.4, 0.5) is 0 Å². The van der Waals surface area contributed by atoms with Gasteiger partial charge in [-0.2, -0.15) is 5.10 Å². The average molecular weight is 537 g/mol. The Hall–Kier alpha value is -4.07. The third-order valence-corrected chi connectivity index (χ3v) is 5.92. The summed E-state index contributed by atoms with van der Waals surface area (Å²) in [5, 5.41) is 6.53. The SMILES string of the molecule is COc1ccc(C(=O)Oc2ccc3ccccc3c2/C=N/NC(=O)C(C)Oc2ccc(Cl)cc2Cl)cc1. The number of hydrazone groups is 1. The number of fused-ring (bicyclic) bond motifs is 1. The summed E-state index contributed by atoms with van der Waals surface area (Å²) < 4.78 is 16.4. The number of hydrogen-bond donors (Lipinski definition) is 1. The van der Waals surface area contributed by atoms with Crippen LogP contribution in [0, 0.1) is 0 Å². The van der Waals surface area contributed by atoms with Gasteiger partial charge < -0.3 is 14.2 Å². The lowest BCUT2D eigenvalue weighted by atomic mass is 10.0. The van der Waals surface area contributed by atoms with Gasteiger partial charge >= 0.3 is 5.97 Å². The Morgan fingerprint density at radius 3 is 2.41 bits per heavy atom. The van der Waals surface area contributed by atoms with E-state index in [-0.39, 0.29) is 10.8 Å². The minimum Gasteiger partial charge on any atom is -0.497 e. The normalized spacial score (nSPS) is 11.8. The topological polar surface area (TPSA) is 86.2 Å². The van der Waals surface area contributed by atoms with E-state index in [0.29, 0.717) is 27.6 Å². The van der Waals surface area contributed by atoms with Crippen LogP contribution in [-0.4, -0.2) is 31.3 Å². The van der Waals surface area contributed by atoms with Crippen molar-refractivity contribution in [1.82, 2.24) is 5.43 Å². The summed E-state index contributed by atoms with van der Waals surface area (Å²) in [7, 11) is 1.55. The van der Waals surface area contributed by atoms with Gasteiger partial charge in [0.15, 0.2) is 6.10 Å². The zero-order valence-electron chi connectivity index (χ0n) is 19.9. The minimum atomic E-state index is -0.893. The number of hydrogen-bond acceptors (Lipinski definition) is 6. The second-order valence-electron chi connectivity index (χ2n) is 7.89. The van der Waals surface area contributed by atoms with Crippen molar-refractivity contribution in [3.8, 4) is 17.2 Å². The lowest BCUT2D eigenvalue weighted by Gasteiger charge is -2.14. The summed E-state index contributed by atoms with van der Waals surface area (Å²) in [4.78, 5) is 25.3. The molecular formula is C28H22Cl2N2O5. The van der Waals surface area contributed by atoms with E-state index in [9.17, 15) is 9.59 Å². The fourth-order valence-electron chi connectivity index (χ4n) is 3.45. The van der Waals surface area contributed by atoms with Crippen LogP contribution in [0.15, 0.2) is 84.0 Å². The van der Waals surface area contributed by atoms with E-state index in [0.717, 1.165) is 10.8 Å². The number of halogens is 2. The van der Waals surface area contributed by atoms with E-state index in [4.69, 9.17) is 37.4 Å². The van der Waals surface area contributed by atoms with Gasteiger partial charge in [0.2, 0.25) is 0 Å². The molecule has 0 bridgehead atoms. The van der Waals surface area contributed by atoms with Gasteiger partial charge in [-0.05, 0) is 66.2 Å². The quantitative estimate of drug-likeness (QED) is 0.124. The first-order valence-corrected chi connectivity index (χ1v) is 11.9. The molecule has 9 heteroatoms. The number of methoxy groups -OCH3 is 1. The Bertz CT molecular complexity index is 1470. The van der Waals surface area contributed by atoms with Gasteiger partial charge in [-0.25, -0.2) is 10.2 Å². The Balaban J connectivity index is 1.52. The smallest absolute Gasteiger partial charge is 0.343 e. The number of ether oxygens (including phenoxy) is 3. The highest BCUT2D eigenvalue weighted by molar-refractivity contribution is 6.35. The maximum absolute atomic E-state index is 12.8. The molecule has 0 spiro atoms. The first-order valence-electron chi connectivity index (χ1n) is 11.2. The Morgan fingerprint density at radius 1 is 0.946 bits per heavy atom. The van der Waals surface area contributed by atoms with Crippen molar-refractivity contribution in [3.63, 3.8) is 0 Å². The molecule has 0 aromatic heterocycles. The van der Waals surface area contributed by atoms with Crippen LogP contribution in [0.5, 0.6) is 17.2 Å². The zero-order valence-corrected chi connectivity index (χ0v) is 21.4. The molecule has 0 aliphatic carbocycles. The predicted molar refractivity (Wildman–Crippen MR) is 144 cm³/mol. The zero-order chi connectivity index (χ0) is 26.4. The van der Waals surface area contributed by atoms with E-state index < -0.39 is 18.0 Å². The summed E-state index contributed by atoms with van der Waals surface area (Å²) in [6.45, 7) is 1.57. The van der Waals surface area contributed by atoms with Crippen molar-refractivity contribution in [1.29, 1.82) is 0 Å². The van der Waals surface area contributed by atoms with Crippen molar-refractivity contribution in [2.75, 3.05) is 7.11 Å². The minimum absolute atomic E-state index is 0.287. The van der Waals surface area contributed by atoms with Crippen molar-refractivity contribution in [2.24, 2.45) is 5.10 Å². The van der Waals surface area contributed by atoms with Gasteiger partial charge in [0.25, 0.3) is 5.91 Å². The van der Waals surface area contributed by atoms with E-state index >= 15 is 0 Å². The summed E-state index contributed by atoms with van der Waals surface area (Å²) in [5.41, 5.74) is 3.33. The summed E-state index contributed by atoms with van der Waals surface area (Å²) in [6, 6.07) is 22.4. The molecule has 0 aliphatic rings. The van der Waals surface area contributed by atoms with E-state index in [2.05, 4.69) is 10.5 Å². The number of carbonyl (C=O) groups excluding carboxylic acids is 2. The molecule has 1 atom stereocenters. The van der Waals surface area contributed by atoms with Gasteiger partial charge in [-0.3, -0.25) is 4.79 Å². The molecule has 1 unspecified atom stereocenters. The molecule has 7 nitrogen and oxygen atoms in total. The molecule has 0 fully saturated rings. The molecular weight excluding hydrogens is 515 g/mol. The lowest BCUT2D eigenvalue weighted by molar-refractivity contribution is -0.127. The maximum Gasteiger partial charge on any atom is 0.343 e. The van der Waals surface area contributed by atoms with Crippen LogP contribution in [0.2, 0.25) is 10.0 Å². The third-order valence-electron chi connectivity index (χ3n) is 5.39. The number of benzene rings is 4. The Morgan fingerprint density at radius 2 is 1.68 bits per heavy atom. The molecule has 4 aromatic rings. The highest BCUT2D eigenvalue weighted by Crippen LogP contribution is 2.29. The molecule has 0 saturated heterocycles. The van der Waals surface area contributed by atoms with Crippen molar-refractivity contribution < 1.29 is 23.8 Å². The van der Waals surface area contributed by atoms with Gasteiger partial charge in [-0.15, -0.1) is 0 Å². The fraction of sp³-hybridized carbons (Fsp3) is 0.107. The largest absolute Gasteiger partial charge is 0.497 e. The van der Waals surface area contributed by atoms with Crippen molar-refractivity contribution in [2.45, 2.75) is 13.0 Å². The van der Waals surface area contributed by atoms with Crippen LogP contribution in [0.25, 0.3) is 10.8 Å². The number of amides is 1. The standard InChI is InChI=1S/C28H22Cl2N2O5/c1-17(36-26-14-10-20(29)15-24(26)30)27(33)32-31-16-23-22-6-4-3-5-18(22)9-13-25(23)37-28(34)19-7-11-21(35-2)12-8-19/h3-17H,1-2H3,(H,32,33)/b31-16+. The first kappa shape index (κ1) is 26.0. The monoisotopic (exact) mass is 536 g/mol. The highest BCUT2D eigenvalue weighted by atomic mass is 35.5. The number of carbonyl (C=O) groups is 2. The molecule has 0 saturated carbocycles. The highest BCUT2D eigenvalue weighted by Gasteiger charge is 2.17. The number of nitrogens with zero attached hydrogens (tertiary/aromatic N) is 1. The van der Waals surface area contributed by atoms with Crippen molar-refractivity contribution >= 4 is 52.1 Å². The Labute approximate surface area is 223 Å². The second-order valence-corrected chi connectivity index (χ2v) is 8.73. The van der Waals surface area contributed by atoms with Crippen LogP contribution >= 0.6 is 23.2 Å². The summed E-state index contributed by atoms with van der Waals surface area (Å²) >= 11 is 12.0. The second kappa shape index (κ2) is 11.8. The van der Waals surface area contributed by atoms with Crippen LogP contribution < -0.4 is 19.6 Å². The fourth-order valence-corrected chi connectivity index (χ4v) is 3.90. The molecule has 0 heterocycles. The van der Waals surface area contributed by atoms with E-state index in [1.807, 2.05) is 30.3 Å². The van der Waals surface area contributed by atoms with E-state index in [1.54, 1.807) is 56.5 Å². The summed E-state index contributed by atoms with van der Waals surface area (Å²) in [5.74, 6) is 0.189. The van der Waals surface area contributed by atoms with Crippen molar-refractivity contribution in [3.05, 3.63) is 100 Å². The molecule has 0 radical (unpaired) electrons. The Kier molecular flexibility index (Phi) is 8.28. The predicted octanol–water partition coefficient (Wildman–Crippen LogP) is 6.29. The maximum atomic E-state index is 12.8. The molecule has 37 heavy (non-hydrogen) atoms. The summed E-state index contributed by atoms with van der Waals surface area (Å²) in [6.07, 6.45) is 0.537. The van der Waals surface area contributed by atoms with Gasteiger partial charge in [0.1, 0.15) is 17.2 Å². The molecule has 4 aromatic carbocycles. The van der Waals surface area contributed by atoms with Crippen LogP contribution in [-0.2, 0) is 4.79 Å². The molecule has 0 aliphatic heterocycles. The molecule has 4 rings (SSSR count). The van der Waals surface area contributed by atoms with E-state index in [1.165, 1.54) is 12.3 Å². The molecule has 188 valence electrons. The van der Waals surface area contributed by atoms with Crippen LogP contribution in [0.1, 0.15) is 22.8 Å². The average Bonchev–Trinajstić information content (AvgIpc) is 2.91. The third kappa shape index (κ3) is 6.39. The lowest BCUT2D eigenvalue weighted by Crippen LogP contribution is -2.33. The van der Waals surface area contributed by atoms with Gasteiger partial charge in [0.05, 0.1) is 23.9 Å². The molecule has 1 amide bonds. The number of rotatable bonds is 8. The van der Waals surface area contributed by atoms with Gasteiger partial charge in [0, 0.05) is 10.6 Å².